The molecule has 6 nitrogen and oxygen atoms in total. The number of likely N-dealkylation sites (tertiary alicyclic amines) is 1. The highest BCUT2D eigenvalue weighted by molar-refractivity contribution is 5.77. The van der Waals surface area contributed by atoms with E-state index in [0.717, 1.165) is 37.1 Å². The molecule has 1 aliphatic heterocycles. The van der Waals surface area contributed by atoms with Crippen LogP contribution < -0.4 is 4.74 Å². The fraction of sp³-hybridized carbons (Fsp3) is 0.318. The lowest BCUT2D eigenvalue weighted by atomic mass is 10.1. The molecular weight excluding hydrogens is 354 g/mol. The number of ether oxygens (including phenoxy) is 1. The zero-order valence-electron chi connectivity index (χ0n) is 15.9. The maximum atomic E-state index is 12.8. The first kappa shape index (κ1) is 18.2. The third-order valence-corrected chi connectivity index (χ3v) is 5.10. The van der Waals surface area contributed by atoms with Crippen LogP contribution in [-0.2, 0) is 11.2 Å². The summed E-state index contributed by atoms with van der Waals surface area (Å²) in [5, 5.41) is 4.11. The number of benzene rings is 2. The van der Waals surface area contributed by atoms with E-state index in [1.807, 2.05) is 59.5 Å². The Bertz CT molecular complexity index is 939. The summed E-state index contributed by atoms with van der Waals surface area (Å²) in [5.41, 5.74) is 2.00. The van der Waals surface area contributed by atoms with E-state index in [4.69, 9.17) is 9.26 Å². The minimum Gasteiger partial charge on any atom is -0.497 e. The number of hydrogen-bond donors (Lipinski definition) is 0. The van der Waals surface area contributed by atoms with Crippen molar-refractivity contribution < 1.29 is 14.1 Å². The van der Waals surface area contributed by atoms with Crippen LogP contribution in [0.15, 0.2) is 59.1 Å². The molecule has 2 aromatic carbocycles. The first-order valence-corrected chi connectivity index (χ1v) is 9.56. The molecule has 6 heteroatoms. The monoisotopic (exact) mass is 377 g/mol. The van der Waals surface area contributed by atoms with Gasteiger partial charge in [0, 0.05) is 18.5 Å². The SMILES string of the molecule is COc1cccc(-c2noc([C@H]3CCCN3C(=O)CCc3ccccc3)n2)c1. The molecule has 4 rings (SSSR count). The van der Waals surface area contributed by atoms with E-state index < -0.39 is 0 Å². The van der Waals surface area contributed by atoms with Crippen LogP contribution in [0.4, 0.5) is 0 Å². The minimum atomic E-state index is -0.143. The molecule has 3 aromatic rings. The molecule has 0 aliphatic carbocycles. The molecule has 0 unspecified atom stereocenters. The van der Waals surface area contributed by atoms with Crippen molar-refractivity contribution in [1.82, 2.24) is 15.0 Å². The van der Waals surface area contributed by atoms with Crippen molar-refractivity contribution in [2.75, 3.05) is 13.7 Å². The van der Waals surface area contributed by atoms with Gasteiger partial charge in [0.1, 0.15) is 11.8 Å². The molecule has 0 spiro atoms. The molecule has 1 atom stereocenters. The van der Waals surface area contributed by atoms with Crippen molar-refractivity contribution in [2.45, 2.75) is 31.7 Å². The average molecular weight is 377 g/mol. The Kier molecular flexibility index (Phi) is 5.37. The smallest absolute Gasteiger partial charge is 0.249 e. The Hall–Kier alpha value is -3.15. The maximum Gasteiger partial charge on any atom is 0.249 e. The standard InChI is InChI=1S/C22H23N3O3/c1-27-18-10-5-9-17(15-18)21-23-22(28-24-21)19-11-6-14-25(19)20(26)13-12-16-7-3-2-4-8-16/h2-5,7-10,15,19H,6,11-14H2,1H3/t19-/m1/s1. The molecular formula is C22H23N3O3. The molecule has 1 saturated heterocycles. The van der Waals surface area contributed by atoms with Crippen LogP contribution in [0.2, 0.25) is 0 Å². The summed E-state index contributed by atoms with van der Waals surface area (Å²) in [6, 6.07) is 17.5. The number of hydrogen-bond acceptors (Lipinski definition) is 5. The van der Waals surface area contributed by atoms with E-state index in [1.54, 1.807) is 7.11 Å². The van der Waals surface area contributed by atoms with Crippen molar-refractivity contribution in [3.8, 4) is 17.1 Å². The number of rotatable bonds is 6. The predicted octanol–water partition coefficient (Wildman–Crippen LogP) is 4.04. The van der Waals surface area contributed by atoms with Gasteiger partial charge in [0.05, 0.1) is 7.11 Å². The fourth-order valence-corrected chi connectivity index (χ4v) is 3.61. The molecule has 2 heterocycles. The number of aryl methyl sites for hydroxylation is 1. The highest BCUT2D eigenvalue weighted by Gasteiger charge is 2.33. The van der Waals surface area contributed by atoms with Crippen LogP contribution in [-0.4, -0.2) is 34.6 Å². The number of carbonyl (C=O) groups is 1. The molecule has 144 valence electrons. The Morgan fingerprint density at radius 2 is 2.07 bits per heavy atom. The molecule has 0 saturated carbocycles. The Labute approximate surface area is 164 Å². The van der Waals surface area contributed by atoms with E-state index in [2.05, 4.69) is 10.1 Å². The van der Waals surface area contributed by atoms with Gasteiger partial charge in [-0.05, 0) is 37.0 Å². The lowest BCUT2D eigenvalue weighted by molar-refractivity contribution is -0.132. The first-order chi connectivity index (χ1) is 13.7. The van der Waals surface area contributed by atoms with Crippen LogP contribution in [0.25, 0.3) is 11.4 Å². The van der Waals surface area contributed by atoms with Gasteiger partial charge in [0.2, 0.25) is 17.6 Å². The molecule has 1 fully saturated rings. The van der Waals surface area contributed by atoms with Gasteiger partial charge < -0.3 is 14.2 Å². The highest BCUT2D eigenvalue weighted by Crippen LogP contribution is 2.33. The summed E-state index contributed by atoms with van der Waals surface area (Å²) >= 11 is 0. The second kappa shape index (κ2) is 8.25. The van der Waals surface area contributed by atoms with Crippen LogP contribution in [0, 0.1) is 0 Å². The van der Waals surface area contributed by atoms with Gasteiger partial charge in [-0.25, -0.2) is 0 Å². The van der Waals surface area contributed by atoms with Crippen molar-refractivity contribution in [2.24, 2.45) is 0 Å². The Balaban J connectivity index is 1.46. The van der Waals surface area contributed by atoms with Crippen molar-refractivity contribution in [1.29, 1.82) is 0 Å². The number of nitrogens with zero attached hydrogens (tertiary/aromatic N) is 3. The summed E-state index contributed by atoms with van der Waals surface area (Å²) < 4.78 is 10.8. The molecule has 1 aliphatic rings. The van der Waals surface area contributed by atoms with Crippen molar-refractivity contribution >= 4 is 5.91 Å². The van der Waals surface area contributed by atoms with E-state index in [1.165, 1.54) is 5.56 Å². The van der Waals surface area contributed by atoms with E-state index >= 15 is 0 Å². The van der Waals surface area contributed by atoms with Crippen LogP contribution >= 0.6 is 0 Å². The van der Waals surface area contributed by atoms with Gasteiger partial charge in [-0.2, -0.15) is 4.98 Å². The van der Waals surface area contributed by atoms with Gasteiger partial charge in [-0.1, -0.05) is 47.6 Å². The number of aromatic nitrogens is 2. The summed E-state index contributed by atoms with van der Waals surface area (Å²) in [4.78, 5) is 19.2. The zero-order valence-corrected chi connectivity index (χ0v) is 15.9. The second-order valence-corrected chi connectivity index (χ2v) is 6.92. The van der Waals surface area contributed by atoms with Gasteiger partial charge in [-0.15, -0.1) is 0 Å². The average Bonchev–Trinajstić information content (AvgIpc) is 3.42. The maximum absolute atomic E-state index is 12.8. The lowest BCUT2D eigenvalue weighted by Crippen LogP contribution is -2.30. The highest BCUT2D eigenvalue weighted by atomic mass is 16.5. The molecule has 1 aromatic heterocycles. The minimum absolute atomic E-state index is 0.132. The summed E-state index contributed by atoms with van der Waals surface area (Å²) in [7, 11) is 1.62. The number of methoxy groups -OCH3 is 1. The second-order valence-electron chi connectivity index (χ2n) is 6.92. The van der Waals surface area contributed by atoms with Crippen molar-refractivity contribution in [3.05, 3.63) is 66.1 Å². The summed E-state index contributed by atoms with van der Waals surface area (Å²) in [6.07, 6.45) is 3.01. The topological polar surface area (TPSA) is 68.5 Å². The third kappa shape index (κ3) is 3.91. The van der Waals surface area contributed by atoms with Crippen LogP contribution in [0.5, 0.6) is 5.75 Å². The molecule has 0 radical (unpaired) electrons. The Morgan fingerprint density at radius 3 is 2.89 bits per heavy atom. The van der Waals surface area contributed by atoms with Gasteiger partial charge in [-0.3, -0.25) is 4.79 Å². The van der Waals surface area contributed by atoms with Gasteiger partial charge >= 0.3 is 0 Å². The summed E-state index contributed by atoms with van der Waals surface area (Å²) in [5.74, 6) is 1.88. The van der Waals surface area contributed by atoms with E-state index in [0.29, 0.717) is 18.1 Å². The molecule has 28 heavy (non-hydrogen) atoms. The fourth-order valence-electron chi connectivity index (χ4n) is 3.61. The zero-order chi connectivity index (χ0) is 19.3. The van der Waals surface area contributed by atoms with Crippen LogP contribution in [0.3, 0.4) is 0 Å². The number of carbonyl (C=O) groups excluding carboxylic acids is 1. The van der Waals surface area contributed by atoms with E-state index in [9.17, 15) is 4.79 Å². The van der Waals surface area contributed by atoms with Gasteiger partial charge in [0.15, 0.2) is 0 Å². The van der Waals surface area contributed by atoms with E-state index in [-0.39, 0.29) is 11.9 Å². The lowest BCUT2D eigenvalue weighted by Gasteiger charge is -2.21. The number of amides is 1. The molecule has 0 N–H and O–H groups in total. The first-order valence-electron chi connectivity index (χ1n) is 9.56. The molecule has 1 amide bonds. The van der Waals surface area contributed by atoms with Crippen molar-refractivity contribution in [3.63, 3.8) is 0 Å². The van der Waals surface area contributed by atoms with Gasteiger partial charge in [0.25, 0.3) is 0 Å². The predicted molar refractivity (Wildman–Crippen MR) is 105 cm³/mol. The molecule has 0 bridgehead atoms. The van der Waals surface area contributed by atoms with Crippen LogP contribution in [0.1, 0.15) is 36.8 Å². The Morgan fingerprint density at radius 1 is 1.21 bits per heavy atom. The largest absolute Gasteiger partial charge is 0.497 e. The third-order valence-electron chi connectivity index (χ3n) is 5.10. The summed E-state index contributed by atoms with van der Waals surface area (Å²) in [6.45, 7) is 0.731. The quantitative estimate of drug-likeness (QED) is 0.648. The normalized spacial score (nSPS) is 16.3.